The van der Waals surface area contributed by atoms with Crippen molar-refractivity contribution in [2.45, 2.75) is 9.79 Å². The highest BCUT2D eigenvalue weighted by atomic mass is 32.2. The summed E-state index contributed by atoms with van der Waals surface area (Å²) in [6, 6.07) is 63.8. The first-order chi connectivity index (χ1) is 23.3. The zero-order valence-corrected chi connectivity index (χ0v) is 28.1. The quantitative estimate of drug-likeness (QED) is 0.178. The van der Waals surface area contributed by atoms with Gasteiger partial charge in [-0.3, -0.25) is 0 Å². The minimum atomic E-state index is -2.66. The summed E-state index contributed by atoms with van der Waals surface area (Å²) in [5, 5.41) is 5.99. The maximum Gasteiger partial charge on any atom is 0.318 e. The van der Waals surface area contributed by atoms with Gasteiger partial charge in [0, 0.05) is 26.9 Å². The van der Waals surface area contributed by atoms with E-state index in [2.05, 4.69) is 175 Å². The monoisotopic (exact) mass is 649 g/mol. The van der Waals surface area contributed by atoms with Gasteiger partial charge < -0.3 is 4.90 Å². The third-order valence-electron chi connectivity index (χ3n) is 9.99. The topological polar surface area (TPSA) is 3.24 Å². The van der Waals surface area contributed by atoms with E-state index in [9.17, 15) is 0 Å². The molecule has 0 unspecified atom stereocenters. The van der Waals surface area contributed by atoms with Crippen LogP contribution in [0.1, 0.15) is 0 Å². The van der Waals surface area contributed by atoms with E-state index in [4.69, 9.17) is 0 Å². The van der Waals surface area contributed by atoms with Crippen LogP contribution in [0.5, 0.6) is 0 Å². The molecule has 220 valence electrons. The molecule has 0 aromatic heterocycles. The Labute approximate surface area is 285 Å². The van der Waals surface area contributed by atoms with Gasteiger partial charge >= 0.3 is 5.27 Å². The number of hydrogen-bond donors (Lipinski definition) is 0. The molecule has 0 spiro atoms. The van der Waals surface area contributed by atoms with Crippen molar-refractivity contribution in [1.82, 2.24) is 0 Å². The second-order valence-electron chi connectivity index (χ2n) is 12.4. The zero-order chi connectivity index (χ0) is 31.0. The van der Waals surface area contributed by atoms with Crippen molar-refractivity contribution in [2.24, 2.45) is 0 Å². The van der Waals surface area contributed by atoms with Crippen LogP contribution in [0.15, 0.2) is 180 Å². The molecule has 3 aliphatic rings. The van der Waals surface area contributed by atoms with E-state index in [0.29, 0.717) is 5.27 Å². The molecule has 0 aliphatic carbocycles. The molecule has 0 fully saturated rings. The smallest absolute Gasteiger partial charge is 0.311 e. The van der Waals surface area contributed by atoms with Crippen LogP contribution in [-0.2, 0) is 0 Å². The van der Waals surface area contributed by atoms with Gasteiger partial charge in [0.15, 0.2) is 8.07 Å². The van der Waals surface area contributed by atoms with Crippen molar-refractivity contribution < 1.29 is 0 Å². The summed E-state index contributed by atoms with van der Waals surface area (Å²) in [6.07, 6.45) is 0. The van der Waals surface area contributed by atoms with Gasteiger partial charge in [0.25, 0.3) is 0 Å². The van der Waals surface area contributed by atoms with Crippen molar-refractivity contribution >= 4 is 79.8 Å². The van der Waals surface area contributed by atoms with E-state index in [1.807, 2.05) is 23.2 Å². The molecule has 3 heterocycles. The second kappa shape index (κ2) is 10.7. The van der Waals surface area contributed by atoms with E-state index in [1.165, 1.54) is 75.3 Å². The van der Waals surface area contributed by atoms with Crippen LogP contribution < -0.4 is 31.1 Å². The van der Waals surface area contributed by atoms with E-state index in [0.717, 1.165) is 0 Å². The first kappa shape index (κ1) is 27.4. The predicted molar refractivity (Wildman–Crippen MR) is 206 cm³/mol. The fourth-order valence-electron chi connectivity index (χ4n) is 8.11. The summed E-state index contributed by atoms with van der Waals surface area (Å²) in [6.45, 7) is 0. The Hall–Kier alpha value is -4.68. The van der Waals surface area contributed by atoms with E-state index in [1.54, 1.807) is 0 Å². The zero-order valence-electron chi connectivity index (χ0n) is 25.5. The summed E-state index contributed by atoms with van der Waals surface area (Å²) in [5.74, 6) is 0. The first-order valence-electron chi connectivity index (χ1n) is 16.1. The summed E-state index contributed by atoms with van der Waals surface area (Å²) in [7, 11) is -2.66. The van der Waals surface area contributed by atoms with E-state index >= 15 is 0 Å². The van der Waals surface area contributed by atoms with Crippen molar-refractivity contribution in [2.75, 3.05) is 4.90 Å². The molecule has 0 saturated heterocycles. The standard InChI is InChI=1S/C42H28BNS2Si/c1-3-15-30(16-4-1)47(31-17-5-2-6-18-31)40-25-13-9-21-36(40)44(37-22-10-14-26-41(37)47)29-27-34-32-19-7-11-23-38(32)45-43-42(34)35(28-29)33-20-8-12-24-39(33)46-43/h1-28H. The Kier molecular flexibility index (Phi) is 6.23. The molecule has 0 N–H and O–H groups in total. The van der Waals surface area contributed by atoms with E-state index in [-0.39, 0.29) is 0 Å². The van der Waals surface area contributed by atoms with Gasteiger partial charge in [-0.05, 0) is 84.9 Å². The van der Waals surface area contributed by atoms with Crippen molar-refractivity contribution in [3.63, 3.8) is 0 Å². The Morgan fingerprint density at radius 2 is 0.851 bits per heavy atom. The number of benzene rings is 7. The SMILES string of the molecule is c1ccc([Si]2(c3ccccc3)c3ccccc3N(c3cc4c5c(c3)-c3ccccc3SB5Sc3ccccc3-4)c3ccccc32)cc1. The van der Waals surface area contributed by atoms with Crippen LogP contribution in [0.2, 0.25) is 0 Å². The highest BCUT2D eigenvalue weighted by Gasteiger charge is 2.49. The lowest BCUT2D eigenvalue weighted by Gasteiger charge is -2.45. The molecular formula is C42H28BNS2Si. The highest BCUT2D eigenvalue weighted by molar-refractivity contribution is 8.56. The molecule has 0 atom stereocenters. The molecule has 7 aromatic rings. The third kappa shape index (κ3) is 3.94. The molecule has 7 aromatic carbocycles. The molecule has 0 saturated carbocycles. The molecule has 47 heavy (non-hydrogen) atoms. The number of hydrogen-bond acceptors (Lipinski definition) is 3. The summed E-state index contributed by atoms with van der Waals surface area (Å²) in [4.78, 5) is 5.28. The molecule has 3 aliphatic heterocycles. The lowest BCUT2D eigenvalue weighted by molar-refractivity contribution is 1.29. The van der Waals surface area contributed by atoms with Crippen molar-refractivity contribution in [3.05, 3.63) is 170 Å². The van der Waals surface area contributed by atoms with Crippen molar-refractivity contribution in [1.29, 1.82) is 0 Å². The maximum absolute atomic E-state index is 2.66. The lowest BCUT2D eigenvalue weighted by atomic mass is 9.77. The average Bonchev–Trinajstić information content (AvgIpc) is 3.14. The Balaban J connectivity index is 1.30. The average molecular weight is 650 g/mol. The number of fused-ring (bicyclic) bond motifs is 6. The summed E-state index contributed by atoms with van der Waals surface area (Å²) in [5.41, 5.74) is 10.6. The van der Waals surface area contributed by atoms with Gasteiger partial charge in [-0.25, -0.2) is 0 Å². The number of nitrogens with zero attached hydrogens (tertiary/aromatic N) is 1. The molecule has 0 bridgehead atoms. The molecule has 10 rings (SSSR count). The predicted octanol–water partition coefficient (Wildman–Crippen LogP) is 8.09. The van der Waals surface area contributed by atoms with Gasteiger partial charge in [0.1, 0.15) is 0 Å². The number of anilines is 3. The van der Waals surface area contributed by atoms with Gasteiger partial charge in [-0.2, -0.15) is 23.2 Å². The second-order valence-corrected chi connectivity index (χ2v) is 18.7. The highest BCUT2D eigenvalue weighted by Crippen LogP contribution is 2.51. The van der Waals surface area contributed by atoms with Crippen LogP contribution in [-0.4, -0.2) is 13.3 Å². The fraction of sp³-hybridized carbons (Fsp3) is 0. The fourth-order valence-corrected chi connectivity index (χ4v) is 16.2. The first-order valence-corrected chi connectivity index (χ1v) is 19.9. The minimum absolute atomic E-state index is 0.330. The Morgan fingerprint density at radius 1 is 0.426 bits per heavy atom. The largest absolute Gasteiger partial charge is 0.318 e. The van der Waals surface area contributed by atoms with Gasteiger partial charge in [-0.15, -0.1) is 0 Å². The number of para-hydroxylation sites is 2. The van der Waals surface area contributed by atoms with Crippen LogP contribution in [0, 0.1) is 0 Å². The maximum atomic E-state index is 2.56. The van der Waals surface area contributed by atoms with Gasteiger partial charge in [-0.1, -0.05) is 133 Å². The number of rotatable bonds is 3. The van der Waals surface area contributed by atoms with E-state index < -0.39 is 8.07 Å². The third-order valence-corrected chi connectivity index (χ3v) is 17.5. The van der Waals surface area contributed by atoms with Gasteiger partial charge in [0.05, 0.1) is 0 Å². The molecule has 1 nitrogen and oxygen atoms in total. The molecular weight excluding hydrogens is 622 g/mol. The van der Waals surface area contributed by atoms with Crippen LogP contribution in [0.4, 0.5) is 17.1 Å². The van der Waals surface area contributed by atoms with Crippen molar-refractivity contribution in [3.8, 4) is 22.3 Å². The Morgan fingerprint density at radius 3 is 1.36 bits per heavy atom. The lowest BCUT2D eigenvalue weighted by Crippen LogP contribution is -2.77. The normalized spacial score (nSPS) is 14.7. The summed E-state index contributed by atoms with van der Waals surface area (Å²) >= 11 is 3.99. The van der Waals surface area contributed by atoms with Crippen LogP contribution in [0.3, 0.4) is 0 Å². The van der Waals surface area contributed by atoms with Crippen LogP contribution >= 0.6 is 23.2 Å². The van der Waals surface area contributed by atoms with Gasteiger partial charge in [0.2, 0.25) is 0 Å². The summed E-state index contributed by atoms with van der Waals surface area (Å²) < 4.78 is 0. The Bertz CT molecular complexity index is 2180. The molecule has 0 amide bonds. The molecule has 5 heteroatoms. The minimum Gasteiger partial charge on any atom is -0.311 e. The molecule has 0 radical (unpaired) electrons. The van der Waals surface area contributed by atoms with Crippen LogP contribution in [0.25, 0.3) is 22.3 Å².